The van der Waals surface area contributed by atoms with E-state index in [9.17, 15) is 9.59 Å². The van der Waals surface area contributed by atoms with Crippen molar-refractivity contribution >= 4 is 40.2 Å². The van der Waals surface area contributed by atoms with Crippen LogP contribution in [0.25, 0.3) is 0 Å². The first-order chi connectivity index (χ1) is 12.1. The smallest absolute Gasteiger partial charge is 0.293 e. The number of nitrogens with zero attached hydrogens (tertiary/aromatic N) is 1. The van der Waals surface area contributed by atoms with Gasteiger partial charge in [-0.05, 0) is 42.3 Å². The number of terminal acetylenes is 1. The number of ether oxygens (including phenoxy) is 1. The second kappa shape index (κ2) is 7.64. The highest BCUT2D eigenvalue weighted by atomic mass is 35.5. The molecule has 2 amide bonds. The Morgan fingerprint density at radius 3 is 2.64 bits per heavy atom. The first kappa shape index (κ1) is 17.4. The normalized spacial score (nSPS) is 16.8. The molecule has 1 aliphatic heterocycles. The molecule has 3 rings (SSSR count). The third-order valence-corrected chi connectivity index (χ3v) is 4.93. The molecule has 6 heteroatoms. The van der Waals surface area contributed by atoms with Crippen LogP contribution in [0.15, 0.2) is 48.5 Å². The number of rotatable bonds is 5. The predicted molar refractivity (Wildman–Crippen MR) is 100 cm³/mol. The van der Waals surface area contributed by atoms with Crippen molar-refractivity contribution in [3.05, 3.63) is 59.1 Å². The first-order valence-corrected chi connectivity index (χ1v) is 8.79. The highest BCUT2D eigenvalue weighted by molar-refractivity contribution is 8.15. The molecule has 2 aromatic rings. The van der Waals surface area contributed by atoms with Gasteiger partial charge in [0.15, 0.2) is 0 Å². The number of halogens is 1. The van der Waals surface area contributed by atoms with E-state index in [0.717, 1.165) is 17.3 Å². The Labute approximate surface area is 155 Å². The van der Waals surface area contributed by atoms with Gasteiger partial charge < -0.3 is 4.74 Å². The Hall–Kier alpha value is -2.42. The average Bonchev–Trinajstić information content (AvgIpc) is 2.88. The minimum absolute atomic E-state index is 0.208. The number of hydrogen-bond acceptors (Lipinski definition) is 4. The Balaban J connectivity index is 1.71. The zero-order valence-electron chi connectivity index (χ0n) is 13.1. The highest BCUT2D eigenvalue weighted by Crippen LogP contribution is 2.34. The molecule has 0 aliphatic carbocycles. The van der Waals surface area contributed by atoms with Gasteiger partial charge in [-0.3, -0.25) is 9.59 Å². The zero-order valence-corrected chi connectivity index (χ0v) is 14.7. The molecule has 0 spiro atoms. The SMILES string of the molecule is C#CCOc1ccc(C[C@H]2SC(=O)N(c3cccc(Cl)c3)C2=O)cc1. The molecular weight excluding hydrogens is 358 g/mol. The van der Waals surface area contributed by atoms with Crippen LogP contribution in [-0.4, -0.2) is 23.0 Å². The van der Waals surface area contributed by atoms with E-state index < -0.39 is 5.25 Å². The fourth-order valence-electron chi connectivity index (χ4n) is 2.50. The van der Waals surface area contributed by atoms with E-state index in [4.69, 9.17) is 22.8 Å². The van der Waals surface area contributed by atoms with Gasteiger partial charge >= 0.3 is 0 Å². The van der Waals surface area contributed by atoms with E-state index in [1.807, 2.05) is 12.1 Å². The molecule has 0 radical (unpaired) electrons. The number of amides is 2. The number of hydrogen-bond donors (Lipinski definition) is 0. The second-order valence-corrected chi connectivity index (χ2v) is 6.96. The van der Waals surface area contributed by atoms with Crippen molar-refractivity contribution in [2.45, 2.75) is 11.7 Å². The average molecular weight is 372 g/mol. The summed E-state index contributed by atoms with van der Waals surface area (Å²) in [4.78, 5) is 26.1. The maximum absolute atomic E-state index is 12.6. The molecule has 1 saturated heterocycles. The van der Waals surface area contributed by atoms with Crippen LogP contribution in [-0.2, 0) is 11.2 Å². The van der Waals surface area contributed by atoms with E-state index in [0.29, 0.717) is 22.9 Å². The zero-order chi connectivity index (χ0) is 17.8. The van der Waals surface area contributed by atoms with Crippen molar-refractivity contribution in [1.29, 1.82) is 0 Å². The summed E-state index contributed by atoms with van der Waals surface area (Å²) in [6.45, 7) is 0.208. The van der Waals surface area contributed by atoms with Gasteiger partial charge in [0.1, 0.15) is 12.4 Å². The molecule has 1 fully saturated rings. The molecule has 4 nitrogen and oxygen atoms in total. The molecule has 1 atom stereocenters. The lowest BCUT2D eigenvalue weighted by molar-refractivity contribution is -0.117. The summed E-state index contributed by atoms with van der Waals surface area (Å²) in [7, 11) is 0. The number of anilines is 1. The van der Waals surface area contributed by atoms with E-state index in [1.54, 1.807) is 36.4 Å². The van der Waals surface area contributed by atoms with Crippen LogP contribution >= 0.6 is 23.4 Å². The highest BCUT2D eigenvalue weighted by Gasteiger charge is 2.40. The van der Waals surface area contributed by atoms with Crippen molar-refractivity contribution < 1.29 is 14.3 Å². The van der Waals surface area contributed by atoms with Crippen molar-refractivity contribution in [2.24, 2.45) is 0 Å². The fraction of sp³-hybridized carbons (Fsp3) is 0.158. The van der Waals surface area contributed by atoms with Crippen LogP contribution in [0.1, 0.15) is 5.56 Å². The number of thioether (sulfide) groups is 1. The molecule has 0 N–H and O–H groups in total. The largest absolute Gasteiger partial charge is 0.481 e. The van der Waals surface area contributed by atoms with Gasteiger partial charge in [-0.2, -0.15) is 0 Å². The van der Waals surface area contributed by atoms with Crippen LogP contribution in [0.5, 0.6) is 5.75 Å². The molecule has 0 bridgehead atoms. The fourth-order valence-corrected chi connectivity index (χ4v) is 3.71. The van der Waals surface area contributed by atoms with Crippen LogP contribution in [0.3, 0.4) is 0 Å². The monoisotopic (exact) mass is 371 g/mol. The lowest BCUT2D eigenvalue weighted by Gasteiger charge is -2.14. The van der Waals surface area contributed by atoms with E-state index in [1.165, 1.54) is 4.90 Å². The van der Waals surface area contributed by atoms with Crippen LogP contribution in [0.2, 0.25) is 5.02 Å². The van der Waals surface area contributed by atoms with Gasteiger partial charge in [0.2, 0.25) is 5.91 Å². The van der Waals surface area contributed by atoms with Gasteiger partial charge in [-0.15, -0.1) is 6.42 Å². The summed E-state index contributed by atoms with van der Waals surface area (Å²) in [6.07, 6.45) is 5.61. The quantitative estimate of drug-likeness (QED) is 0.740. The predicted octanol–water partition coefficient (Wildman–Crippen LogP) is 4.16. The van der Waals surface area contributed by atoms with Gasteiger partial charge in [-0.25, -0.2) is 4.90 Å². The maximum atomic E-state index is 12.6. The van der Waals surface area contributed by atoms with Crippen LogP contribution in [0, 0.1) is 12.3 Å². The van der Waals surface area contributed by atoms with Gasteiger partial charge in [0.05, 0.1) is 10.9 Å². The van der Waals surface area contributed by atoms with E-state index in [2.05, 4.69) is 5.92 Å². The molecule has 126 valence electrons. The third kappa shape index (κ3) is 3.98. The van der Waals surface area contributed by atoms with E-state index in [-0.39, 0.29) is 17.8 Å². The molecule has 0 aromatic heterocycles. The Morgan fingerprint density at radius 1 is 1.20 bits per heavy atom. The molecule has 0 unspecified atom stereocenters. The third-order valence-electron chi connectivity index (χ3n) is 3.65. The lowest BCUT2D eigenvalue weighted by atomic mass is 10.1. The summed E-state index contributed by atoms with van der Waals surface area (Å²) < 4.78 is 5.32. The molecule has 0 saturated carbocycles. The Morgan fingerprint density at radius 2 is 1.96 bits per heavy atom. The van der Waals surface area contributed by atoms with E-state index >= 15 is 0 Å². The number of carbonyl (C=O) groups excluding carboxylic acids is 2. The molecular formula is C19H14ClNO3S. The van der Waals surface area contributed by atoms with Crippen LogP contribution < -0.4 is 9.64 Å². The molecule has 1 aliphatic rings. The number of benzene rings is 2. The molecule has 25 heavy (non-hydrogen) atoms. The summed E-state index contributed by atoms with van der Waals surface area (Å²) in [5.74, 6) is 2.84. The van der Waals surface area contributed by atoms with Crippen LogP contribution in [0.4, 0.5) is 10.5 Å². The van der Waals surface area contributed by atoms with Crippen molar-refractivity contribution in [1.82, 2.24) is 0 Å². The first-order valence-electron chi connectivity index (χ1n) is 7.54. The second-order valence-electron chi connectivity index (χ2n) is 5.37. The van der Waals surface area contributed by atoms with Crippen molar-refractivity contribution in [3.63, 3.8) is 0 Å². The summed E-state index contributed by atoms with van der Waals surface area (Å²) in [5, 5.41) is -0.260. The summed E-state index contributed by atoms with van der Waals surface area (Å²) in [6, 6.07) is 14.1. The standard InChI is InChI=1S/C19H14ClNO3S/c1-2-10-24-16-8-6-13(7-9-16)11-17-18(22)21(19(23)25-17)15-5-3-4-14(20)12-15/h1,3-9,12,17H,10-11H2/t17-/m1/s1. The lowest BCUT2D eigenvalue weighted by Crippen LogP contribution is -2.32. The Bertz CT molecular complexity index is 844. The summed E-state index contributed by atoms with van der Waals surface area (Å²) in [5.41, 5.74) is 1.44. The van der Waals surface area contributed by atoms with Gasteiger partial charge in [0.25, 0.3) is 5.24 Å². The molecule has 2 aromatic carbocycles. The number of imide groups is 1. The van der Waals surface area contributed by atoms with Crippen molar-refractivity contribution in [2.75, 3.05) is 11.5 Å². The maximum Gasteiger partial charge on any atom is 0.293 e. The van der Waals surface area contributed by atoms with Crippen molar-refractivity contribution in [3.8, 4) is 18.1 Å². The summed E-state index contributed by atoms with van der Waals surface area (Å²) >= 11 is 6.99. The minimum Gasteiger partial charge on any atom is -0.481 e. The Kier molecular flexibility index (Phi) is 5.32. The molecule has 1 heterocycles. The number of carbonyl (C=O) groups is 2. The topological polar surface area (TPSA) is 46.6 Å². The van der Waals surface area contributed by atoms with Gasteiger partial charge in [0, 0.05) is 5.02 Å². The van der Waals surface area contributed by atoms with Gasteiger partial charge in [-0.1, -0.05) is 47.5 Å². The minimum atomic E-state index is -0.455.